The van der Waals surface area contributed by atoms with E-state index >= 15 is 0 Å². The number of carbonyl (C=O) groups excluding carboxylic acids is 2. The Kier molecular flexibility index (Phi) is 9.50. The van der Waals surface area contributed by atoms with Gasteiger partial charge in [-0.15, -0.1) is 0 Å². The fraction of sp³-hybridized carbons (Fsp3) is 0.406. The molecule has 9 nitrogen and oxygen atoms in total. The number of aromatic hydroxyl groups is 1. The maximum atomic E-state index is 12.6. The van der Waals surface area contributed by atoms with Gasteiger partial charge in [0.1, 0.15) is 17.5 Å². The Hall–Kier alpha value is -4.11. The van der Waals surface area contributed by atoms with Crippen LogP contribution < -0.4 is 16.4 Å². The first-order valence-corrected chi connectivity index (χ1v) is 14.2. The topological polar surface area (TPSA) is 126 Å². The first-order valence-electron chi connectivity index (χ1n) is 14.2. The lowest BCUT2D eigenvalue weighted by atomic mass is 9.87. The van der Waals surface area contributed by atoms with Gasteiger partial charge in [0, 0.05) is 32.5 Å². The largest absolute Gasteiger partial charge is 0.508 e. The SMILES string of the molecule is CN1CCC=C(c2nn(-c3ccc(C(C)(C)C)cc3)cc2NCCCC(=O)N[C@@H](Cc2ccc(O)cc2)C(N)=O)C1. The van der Waals surface area contributed by atoms with Crippen molar-refractivity contribution in [3.63, 3.8) is 0 Å². The number of phenols is 1. The molecule has 1 aliphatic rings. The number of rotatable bonds is 11. The van der Waals surface area contributed by atoms with Gasteiger partial charge in [-0.25, -0.2) is 4.68 Å². The number of benzene rings is 2. The molecule has 0 saturated heterocycles. The van der Waals surface area contributed by atoms with Gasteiger partial charge in [0.2, 0.25) is 11.8 Å². The van der Waals surface area contributed by atoms with Crippen molar-refractivity contribution in [2.45, 2.75) is 57.9 Å². The summed E-state index contributed by atoms with van der Waals surface area (Å²) >= 11 is 0. The van der Waals surface area contributed by atoms with Crippen LogP contribution in [0.4, 0.5) is 5.69 Å². The Morgan fingerprint density at radius 3 is 2.44 bits per heavy atom. The first kappa shape index (κ1) is 29.9. The lowest BCUT2D eigenvalue weighted by Crippen LogP contribution is -2.45. The number of nitrogens with two attached hydrogens (primary N) is 1. The van der Waals surface area contributed by atoms with Crippen molar-refractivity contribution in [1.29, 1.82) is 0 Å². The second-order valence-corrected chi connectivity index (χ2v) is 11.8. The fourth-order valence-corrected chi connectivity index (χ4v) is 4.88. The summed E-state index contributed by atoms with van der Waals surface area (Å²) < 4.78 is 1.91. The van der Waals surface area contributed by atoms with Crippen molar-refractivity contribution in [2.24, 2.45) is 5.73 Å². The monoisotopic (exact) mass is 558 g/mol. The quantitative estimate of drug-likeness (QED) is 0.264. The molecule has 218 valence electrons. The van der Waals surface area contributed by atoms with Crippen LogP contribution in [0.3, 0.4) is 0 Å². The summed E-state index contributed by atoms with van der Waals surface area (Å²) in [6.45, 7) is 9.02. The average Bonchev–Trinajstić information content (AvgIpc) is 3.36. The predicted octanol–water partition coefficient (Wildman–Crippen LogP) is 4.00. The highest BCUT2D eigenvalue weighted by atomic mass is 16.3. The second-order valence-electron chi connectivity index (χ2n) is 11.8. The molecule has 41 heavy (non-hydrogen) atoms. The first-order chi connectivity index (χ1) is 19.5. The predicted molar refractivity (Wildman–Crippen MR) is 163 cm³/mol. The Bertz CT molecular complexity index is 1370. The number of anilines is 1. The molecule has 0 saturated carbocycles. The number of hydrogen-bond acceptors (Lipinski definition) is 6. The third-order valence-corrected chi connectivity index (χ3v) is 7.31. The molecule has 1 aromatic heterocycles. The number of nitrogens with one attached hydrogen (secondary N) is 2. The number of hydrogen-bond donors (Lipinski definition) is 4. The van der Waals surface area contributed by atoms with Crippen LogP contribution in [0.5, 0.6) is 5.75 Å². The van der Waals surface area contributed by atoms with Crippen molar-refractivity contribution in [3.05, 3.63) is 77.6 Å². The molecule has 3 aromatic rings. The van der Waals surface area contributed by atoms with E-state index in [-0.39, 0.29) is 29.9 Å². The zero-order valence-corrected chi connectivity index (χ0v) is 24.5. The van der Waals surface area contributed by atoms with Crippen LogP contribution >= 0.6 is 0 Å². The highest BCUT2D eigenvalue weighted by molar-refractivity contribution is 5.86. The zero-order valence-electron chi connectivity index (χ0n) is 24.5. The minimum atomic E-state index is -0.815. The van der Waals surface area contributed by atoms with Crippen molar-refractivity contribution in [2.75, 3.05) is 32.0 Å². The summed E-state index contributed by atoms with van der Waals surface area (Å²) in [6, 6.07) is 14.2. The van der Waals surface area contributed by atoms with Crippen LogP contribution in [-0.2, 0) is 21.4 Å². The molecule has 9 heteroatoms. The number of phenolic OH excluding ortho intramolecular Hbond substituents is 1. The molecule has 5 N–H and O–H groups in total. The van der Waals surface area contributed by atoms with Gasteiger partial charge in [0.05, 0.1) is 17.6 Å². The van der Waals surface area contributed by atoms with E-state index in [1.54, 1.807) is 24.3 Å². The molecule has 1 aliphatic heterocycles. The Labute approximate surface area is 242 Å². The smallest absolute Gasteiger partial charge is 0.240 e. The standard InChI is InChI=1S/C32H42N6O3/c1-32(2,3)24-11-13-25(14-12-24)38-21-28(30(36-38)23-7-6-18-37(4)20-23)34-17-5-8-29(40)35-27(31(33)41)19-22-9-15-26(39)16-10-22/h7,9-16,21,27,34,39H,5-6,8,17-20H2,1-4H3,(H2,33,41)(H,35,40)/t27-/m0/s1. The third kappa shape index (κ3) is 8.20. The summed E-state index contributed by atoms with van der Waals surface area (Å²) in [6.07, 6.45) is 6.33. The molecule has 0 aliphatic carbocycles. The van der Waals surface area contributed by atoms with Crippen LogP contribution in [0.25, 0.3) is 11.3 Å². The molecular formula is C32H42N6O3. The highest BCUT2D eigenvalue weighted by Gasteiger charge is 2.21. The van der Waals surface area contributed by atoms with Gasteiger partial charge in [0.15, 0.2) is 0 Å². The van der Waals surface area contributed by atoms with E-state index in [1.165, 1.54) is 11.1 Å². The number of aromatic nitrogens is 2. The molecule has 2 amide bonds. The van der Waals surface area contributed by atoms with Crippen LogP contribution in [0.2, 0.25) is 0 Å². The summed E-state index contributed by atoms with van der Waals surface area (Å²) in [5, 5.41) is 20.7. The highest BCUT2D eigenvalue weighted by Crippen LogP contribution is 2.28. The summed E-state index contributed by atoms with van der Waals surface area (Å²) in [5.41, 5.74) is 11.7. The lowest BCUT2D eigenvalue weighted by molar-refractivity contribution is -0.127. The summed E-state index contributed by atoms with van der Waals surface area (Å²) in [5.74, 6) is -0.691. The van der Waals surface area contributed by atoms with E-state index in [4.69, 9.17) is 10.8 Å². The van der Waals surface area contributed by atoms with Gasteiger partial charge in [-0.2, -0.15) is 5.10 Å². The minimum absolute atomic E-state index is 0.0767. The maximum absolute atomic E-state index is 12.6. The van der Waals surface area contributed by atoms with Gasteiger partial charge in [-0.05, 0) is 66.3 Å². The molecular weight excluding hydrogens is 516 g/mol. The molecule has 2 heterocycles. The third-order valence-electron chi connectivity index (χ3n) is 7.31. The summed E-state index contributed by atoms with van der Waals surface area (Å²) in [7, 11) is 2.11. The van der Waals surface area contributed by atoms with E-state index in [2.05, 4.69) is 73.7 Å². The van der Waals surface area contributed by atoms with Crippen molar-refractivity contribution in [3.8, 4) is 11.4 Å². The van der Waals surface area contributed by atoms with Crippen LogP contribution in [0.15, 0.2) is 60.8 Å². The van der Waals surface area contributed by atoms with E-state index < -0.39 is 11.9 Å². The molecule has 1 atom stereocenters. The number of likely N-dealkylation sites (N-methyl/N-ethyl adjacent to an activating group) is 1. The van der Waals surface area contributed by atoms with Crippen molar-refractivity contribution < 1.29 is 14.7 Å². The lowest BCUT2D eigenvalue weighted by Gasteiger charge is -2.22. The van der Waals surface area contributed by atoms with Crippen LogP contribution in [0.1, 0.15) is 56.9 Å². The molecule has 4 rings (SSSR count). The van der Waals surface area contributed by atoms with Gasteiger partial charge in [-0.3, -0.25) is 9.59 Å². The second kappa shape index (κ2) is 13.0. The fourth-order valence-electron chi connectivity index (χ4n) is 4.88. The number of nitrogens with zero attached hydrogens (tertiary/aromatic N) is 3. The van der Waals surface area contributed by atoms with Crippen LogP contribution in [0, 0.1) is 0 Å². The van der Waals surface area contributed by atoms with Gasteiger partial charge in [0.25, 0.3) is 0 Å². The minimum Gasteiger partial charge on any atom is -0.508 e. The molecule has 0 fully saturated rings. The van der Waals surface area contributed by atoms with E-state index in [0.29, 0.717) is 13.0 Å². The van der Waals surface area contributed by atoms with Crippen molar-refractivity contribution >= 4 is 23.1 Å². The summed E-state index contributed by atoms with van der Waals surface area (Å²) in [4.78, 5) is 26.9. The van der Waals surface area contributed by atoms with Gasteiger partial charge in [-0.1, -0.05) is 51.1 Å². The Morgan fingerprint density at radius 2 is 1.80 bits per heavy atom. The Morgan fingerprint density at radius 1 is 1.10 bits per heavy atom. The number of amides is 2. The molecule has 0 radical (unpaired) electrons. The van der Waals surface area contributed by atoms with Gasteiger partial charge < -0.3 is 26.4 Å². The molecule has 2 aromatic carbocycles. The molecule has 0 spiro atoms. The number of carbonyl (C=O) groups is 2. The molecule has 0 unspecified atom stereocenters. The van der Waals surface area contributed by atoms with Gasteiger partial charge >= 0.3 is 0 Å². The Balaban J connectivity index is 1.39. The average molecular weight is 559 g/mol. The van der Waals surface area contributed by atoms with E-state index in [0.717, 1.165) is 42.1 Å². The number of primary amides is 1. The maximum Gasteiger partial charge on any atom is 0.240 e. The van der Waals surface area contributed by atoms with E-state index in [1.807, 2.05) is 10.9 Å². The van der Waals surface area contributed by atoms with Crippen LogP contribution in [-0.4, -0.2) is 64.3 Å². The van der Waals surface area contributed by atoms with E-state index in [9.17, 15) is 14.7 Å². The van der Waals surface area contributed by atoms with Crippen molar-refractivity contribution in [1.82, 2.24) is 20.0 Å². The zero-order chi connectivity index (χ0) is 29.6. The normalized spacial score (nSPS) is 14.8. The molecule has 0 bridgehead atoms.